The van der Waals surface area contributed by atoms with E-state index < -0.39 is 5.60 Å². The van der Waals surface area contributed by atoms with Crippen LogP contribution in [0.15, 0.2) is 0 Å². The Hall–Kier alpha value is -0.250. The Morgan fingerprint density at radius 1 is 1.50 bits per heavy atom. The van der Waals surface area contributed by atoms with Crippen molar-refractivity contribution in [2.45, 2.75) is 44.0 Å². The van der Waals surface area contributed by atoms with Crippen molar-refractivity contribution in [3.05, 3.63) is 0 Å². The molecule has 3 nitrogen and oxygen atoms in total. The predicted molar refractivity (Wildman–Crippen MR) is 59.8 cm³/mol. The number of rotatable bonds is 0. The number of ether oxygens (including phenoxy) is 1. The van der Waals surface area contributed by atoms with Crippen molar-refractivity contribution in [2.75, 3.05) is 13.1 Å². The van der Waals surface area contributed by atoms with Crippen LogP contribution in [0.5, 0.6) is 0 Å². The molecule has 1 saturated heterocycles. The molecule has 0 radical (unpaired) electrons. The largest absolute Gasteiger partial charge is 0.444 e. The summed E-state index contributed by atoms with van der Waals surface area (Å²) in [5.74, 6) is 0. The third-order valence-electron chi connectivity index (χ3n) is 2.02. The average molecular weight is 264 g/mol. The molecule has 0 saturated carbocycles. The van der Waals surface area contributed by atoms with Crippen LogP contribution in [0.3, 0.4) is 0 Å². The molecule has 0 bridgehead atoms. The molecule has 0 aromatic heterocycles. The summed E-state index contributed by atoms with van der Waals surface area (Å²) in [6, 6.07) is 0. The zero-order chi connectivity index (χ0) is 10.8. The van der Waals surface area contributed by atoms with E-state index in [4.69, 9.17) is 4.74 Å². The summed E-state index contributed by atoms with van der Waals surface area (Å²) in [6.45, 7) is 7.24. The Balaban J connectivity index is 2.44. The topological polar surface area (TPSA) is 29.5 Å². The Bertz CT molecular complexity index is 213. The van der Waals surface area contributed by atoms with Gasteiger partial charge in [0.15, 0.2) is 0 Å². The summed E-state index contributed by atoms with van der Waals surface area (Å²) < 4.78 is 5.29. The minimum atomic E-state index is -0.393. The van der Waals surface area contributed by atoms with E-state index in [1.54, 1.807) is 4.90 Å². The summed E-state index contributed by atoms with van der Waals surface area (Å²) in [6.07, 6.45) is 2.00. The van der Waals surface area contributed by atoms with Gasteiger partial charge in [0.2, 0.25) is 0 Å². The van der Waals surface area contributed by atoms with Gasteiger partial charge in [-0.25, -0.2) is 4.79 Å². The van der Waals surface area contributed by atoms with Crippen LogP contribution in [0, 0.1) is 0 Å². The number of likely N-dealkylation sites (tertiary alicyclic amines) is 1. The molecule has 4 heteroatoms. The van der Waals surface area contributed by atoms with Crippen LogP contribution in [-0.4, -0.2) is 34.5 Å². The van der Waals surface area contributed by atoms with Crippen molar-refractivity contribution in [2.24, 2.45) is 0 Å². The molecular weight excluding hydrogens is 246 g/mol. The van der Waals surface area contributed by atoms with Gasteiger partial charge in [0.1, 0.15) is 5.60 Å². The van der Waals surface area contributed by atoms with Gasteiger partial charge in [0.05, 0.1) is 0 Å². The maximum absolute atomic E-state index is 11.6. The van der Waals surface area contributed by atoms with Gasteiger partial charge < -0.3 is 9.64 Å². The normalized spacial score (nSPS) is 23.4. The van der Waals surface area contributed by atoms with Gasteiger partial charge in [0, 0.05) is 17.9 Å². The molecule has 82 valence electrons. The van der Waals surface area contributed by atoms with Gasteiger partial charge in [0.25, 0.3) is 0 Å². The highest BCUT2D eigenvalue weighted by atomic mass is 79.9. The first-order valence-electron chi connectivity index (χ1n) is 5.00. The lowest BCUT2D eigenvalue weighted by molar-refractivity contribution is 0.0222. The highest BCUT2D eigenvalue weighted by Gasteiger charge is 2.26. The molecule has 0 aromatic carbocycles. The van der Waals surface area contributed by atoms with Gasteiger partial charge >= 0.3 is 6.09 Å². The van der Waals surface area contributed by atoms with Gasteiger partial charge in [-0.3, -0.25) is 0 Å². The number of nitrogens with zero attached hydrogens (tertiary/aromatic N) is 1. The molecule has 1 heterocycles. The van der Waals surface area contributed by atoms with E-state index in [-0.39, 0.29) is 6.09 Å². The molecule has 0 N–H and O–H groups in total. The second kappa shape index (κ2) is 4.51. The van der Waals surface area contributed by atoms with Gasteiger partial charge in [-0.1, -0.05) is 15.9 Å². The van der Waals surface area contributed by atoms with Gasteiger partial charge in [-0.15, -0.1) is 0 Å². The Kier molecular flexibility index (Phi) is 3.81. The van der Waals surface area contributed by atoms with Crippen LogP contribution in [0.4, 0.5) is 4.79 Å². The number of amides is 1. The molecule has 14 heavy (non-hydrogen) atoms. The molecule has 1 rings (SSSR count). The summed E-state index contributed by atoms with van der Waals surface area (Å²) in [5.41, 5.74) is -0.393. The van der Waals surface area contributed by atoms with Crippen LogP contribution in [0.1, 0.15) is 33.6 Å². The van der Waals surface area contributed by atoms with Crippen molar-refractivity contribution in [3.63, 3.8) is 0 Å². The van der Waals surface area contributed by atoms with E-state index in [1.165, 1.54) is 0 Å². The minimum absolute atomic E-state index is 0.193. The molecule has 0 aromatic rings. The lowest BCUT2D eigenvalue weighted by Crippen LogP contribution is -2.43. The number of carbonyl (C=O) groups is 1. The molecule has 1 aliphatic rings. The molecule has 1 fully saturated rings. The first-order valence-corrected chi connectivity index (χ1v) is 5.92. The molecule has 0 aliphatic carbocycles. The molecule has 0 spiro atoms. The first-order chi connectivity index (χ1) is 6.38. The van der Waals surface area contributed by atoms with E-state index in [9.17, 15) is 4.79 Å². The van der Waals surface area contributed by atoms with E-state index in [1.807, 2.05) is 20.8 Å². The van der Waals surface area contributed by atoms with Gasteiger partial charge in [-0.2, -0.15) is 0 Å². The highest BCUT2D eigenvalue weighted by Crippen LogP contribution is 2.19. The quantitative estimate of drug-likeness (QED) is 0.629. The third-order valence-corrected chi connectivity index (χ3v) is 2.76. The fraction of sp³-hybridized carbons (Fsp3) is 0.900. The van der Waals surface area contributed by atoms with Crippen molar-refractivity contribution in [3.8, 4) is 0 Å². The standard InChI is InChI=1S/C10H18BrNO2/c1-10(2,3)14-9(13)12-6-4-5-8(11)7-12/h8H,4-7H2,1-3H3/t8-/m0/s1. The number of hydrogen-bond donors (Lipinski definition) is 0. The minimum Gasteiger partial charge on any atom is -0.444 e. The number of halogens is 1. The Labute approximate surface area is 93.9 Å². The van der Waals surface area contributed by atoms with Crippen LogP contribution < -0.4 is 0 Å². The van der Waals surface area contributed by atoms with E-state index in [0.29, 0.717) is 4.83 Å². The Morgan fingerprint density at radius 2 is 2.14 bits per heavy atom. The summed E-state index contributed by atoms with van der Waals surface area (Å²) in [5, 5.41) is 0. The zero-order valence-electron chi connectivity index (χ0n) is 9.05. The Morgan fingerprint density at radius 3 is 2.64 bits per heavy atom. The van der Waals surface area contributed by atoms with E-state index >= 15 is 0 Å². The lowest BCUT2D eigenvalue weighted by Gasteiger charge is -2.32. The predicted octanol–water partition coefficient (Wildman–Crippen LogP) is 2.78. The van der Waals surface area contributed by atoms with Crippen molar-refractivity contribution in [1.82, 2.24) is 4.90 Å². The molecule has 1 atom stereocenters. The van der Waals surface area contributed by atoms with Crippen LogP contribution in [0.2, 0.25) is 0 Å². The first kappa shape index (κ1) is 11.8. The summed E-state index contributed by atoms with van der Waals surface area (Å²) >= 11 is 3.53. The maximum Gasteiger partial charge on any atom is 0.410 e. The van der Waals surface area contributed by atoms with Crippen LogP contribution in [-0.2, 0) is 4.74 Å². The smallest absolute Gasteiger partial charge is 0.410 e. The maximum atomic E-state index is 11.6. The lowest BCUT2D eigenvalue weighted by atomic mass is 10.1. The monoisotopic (exact) mass is 263 g/mol. The molecule has 0 unspecified atom stereocenters. The zero-order valence-corrected chi connectivity index (χ0v) is 10.6. The molecule has 1 aliphatic heterocycles. The second-order valence-electron chi connectivity index (χ2n) is 4.67. The second-order valence-corrected chi connectivity index (χ2v) is 5.96. The van der Waals surface area contributed by atoms with Crippen LogP contribution >= 0.6 is 15.9 Å². The summed E-state index contributed by atoms with van der Waals surface area (Å²) in [4.78, 5) is 13.8. The van der Waals surface area contributed by atoms with Crippen LogP contribution in [0.25, 0.3) is 0 Å². The number of carbonyl (C=O) groups excluding carboxylic acids is 1. The fourth-order valence-corrected chi connectivity index (χ4v) is 2.09. The fourth-order valence-electron chi connectivity index (χ4n) is 1.42. The van der Waals surface area contributed by atoms with Crippen molar-refractivity contribution < 1.29 is 9.53 Å². The van der Waals surface area contributed by atoms with Crippen molar-refractivity contribution >= 4 is 22.0 Å². The number of hydrogen-bond acceptors (Lipinski definition) is 2. The van der Waals surface area contributed by atoms with Crippen molar-refractivity contribution in [1.29, 1.82) is 0 Å². The SMILES string of the molecule is CC(C)(C)OC(=O)N1CCC[C@H](Br)C1. The summed E-state index contributed by atoms with van der Waals surface area (Å²) in [7, 11) is 0. The molecular formula is C10H18BrNO2. The average Bonchev–Trinajstić information content (AvgIpc) is 2.01. The van der Waals surface area contributed by atoms with E-state index in [0.717, 1.165) is 25.9 Å². The molecule has 1 amide bonds. The number of alkyl halides is 1. The third kappa shape index (κ3) is 3.86. The van der Waals surface area contributed by atoms with Gasteiger partial charge in [-0.05, 0) is 33.6 Å². The number of piperidine rings is 1. The highest BCUT2D eigenvalue weighted by molar-refractivity contribution is 9.09. The van der Waals surface area contributed by atoms with E-state index in [2.05, 4.69) is 15.9 Å².